The van der Waals surface area contributed by atoms with E-state index < -0.39 is 17.7 Å². The Labute approximate surface area is 146 Å². The highest BCUT2D eigenvalue weighted by molar-refractivity contribution is 7.14. The molecule has 9 heteroatoms. The van der Waals surface area contributed by atoms with Crippen molar-refractivity contribution in [1.29, 1.82) is 0 Å². The van der Waals surface area contributed by atoms with Gasteiger partial charge >= 0.3 is 6.03 Å². The Bertz CT molecular complexity index is 811. The van der Waals surface area contributed by atoms with Gasteiger partial charge in [-0.1, -0.05) is 6.07 Å². The molecular weight excluding hydrogens is 350 g/mol. The first-order valence-electron chi connectivity index (χ1n) is 7.68. The summed E-state index contributed by atoms with van der Waals surface area (Å²) in [6.07, 6.45) is 0.0130. The second-order valence-electron chi connectivity index (χ2n) is 5.64. The molecule has 1 aliphatic rings. The monoisotopic (exact) mass is 366 g/mol. The Kier molecular flexibility index (Phi) is 4.93. The van der Waals surface area contributed by atoms with Crippen molar-refractivity contribution in [3.05, 3.63) is 46.5 Å². The summed E-state index contributed by atoms with van der Waals surface area (Å²) in [7, 11) is 0. The maximum absolute atomic E-state index is 13.7. The zero-order valence-electron chi connectivity index (χ0n) is 13.4. The van der Waals surface area contributed by atoms with Gasteiger partial charge < -0.3 is 10.6 Å². The van der Waals surface area contributed by atoms with Gasteiger partial charge in [-0.05, 0) is 13.0 Å². The number of nitrogens with zero attached hydrogens (tertiary/aromatic N) is 2. The first kappa shape index (κ1) is 17.3. The molecule has 1 aromatic carbocycles. The lowest BCUT2D eigenvalue weighted by Crippen LogP contribution is -2.29. The summed E-state index contributed by atoms with van der Waals surface area (Å²) in [4.78, 5) is 29.5. The van der Waals surface area contributed by atoms with Crippen LogP contribution in [0.15, 0.2) is 23.6 Å². The van der Waals surface area contributed by atoms with Crippen LogP contribution in [-0.4, -0.2) is 30.0 Å². The zero-order chi connectivity index (χ0) is 18.0. The molecule has 0 aliphatic carbocycles. The standard InChI is InChI=1S/C16H16F2N4O2S/c1-9(12-3-2-10(17)6-13(12)18)20-14(23)7-11-8-25-16(21-11)22-5-4-19-15(22)24/h2-3,6,8-9H,4-5,7H2,1H3,(H,19,24)(H,20,23). The third kappa shape index (κ3) is 3.93. The fraction of sp³-hybridized carbons (Fsp3) is 0.312. The number of aromatic nitrogens is 1. The van der Waals surface area contributed by atoms with Crippen molar-refractivity contribution in [3.8, 4) is 0 Å². The Morgan fingerprint density at radius 3 is 2.96 bits per heavy atom. The van der Waals surface area contributed by atoms with Gasteiger partial charge in [0, 0.05) is 30.1 Å². The van der Waals surface area contributed by atoms with Crippen molar-refractivity contribution in [2.75, 3.05) is 18.0 Å². The summed E-state index contributed by atoms with van der Waals surface area (Å²) in [5.41, 5.74) is 0.742. The van der Waals surface area contributed by atoms with Crippen LogP contribution in [0.3, 0.4) is 0 Å². The van der Waals surface area contributed by atoms with E-state index in [-0.39, 0.29) is 23.9 Å². The van der Waals surface area contributed by atoms with Crippen LogP contribution in [0.1, 0.15) is 24.2 Å². The van der Waals surface area contributed by atoms with Gasteiger partial charge in [0.15, 0.2) is 5.13 Å². The number of hydrogen-bond donors (Lipinski definition) is 2. The predicted molar refractivity (Wildman–Crippen MR) is 89.5 cm³/mol. The van der Waals surface area contributed by atoms with E-state index in [1.165, 1.54) is 22.3 Å². The minimum absolute atomic E-state index is 0.0130. The molecule has 0 saturated carbocycles. The second-order valence-corrected chi connectivity index (χ2v) is 6.47. The predicted octanol–water partition coefficient (Wildman–Crippen LogP) is 2.37. The number of rotatable bonds is 5. The molecule has 132 valence electrons. The molecule has 6 nitrogen and oxygen atoms in total. The van der Waals surface area contributed by atoms with E-state index in [1.807, 2.05) is 0 Å². The van der Waals surface area contributed by atoms with Gasteiger partial charge in [-0.25, -0.2) is 18.6 Å². The van der Waals surface area contributed by atoms with Crippen LogP contribution in [-0.2, 0) is 11.2 Å². The Morgan fingerprint density at radius 1 is 1.48 bits per heavy atom. The molecule has 1 unspecified atom stereocenters. The van der Waals surface area contributed by atoms with Crippen LogP contribution in [0.5, 0.6) is 0 Å². The Hall–Kier alpha value is -2.55. The average Bonchev–Trinajstić information content (AvgIpc) is 3.15. The third-order valence-electron chi connectivity index (χ3n) is 3.78. The van der Waals surface area contributed by atoms with Gasteiger partial charge in [0.1, 0.15) is 11.6 Å². The summed E-state index contributed by atoms with van der Waals surface area (Å²) in [6, 6.07) is 2.43. The largest absolute Gasteiger partial charge is 0.349 e. The molecule has 3 rings (SSSR count). The van der Waals surface area contributed by atoms with E-state index in [4.69, 9.17) is 0 Å². The number of benzene rings is 1. The molecule has 0 radical (unpaired) electrons. The normalized spacial score (nSPS) is 15.2. The number of carbonyl (C=O) groups is 2. The molecule has 1 aliphatic heterocycles. The molecule has 2 N–H and O–H groups in total. The van der Waals surface area contributed by atoms with Gasteiger partial charge in [-0.2, -0.15) is 0 Å². The minimum atomic E-state index is -0.705. The summed E-state index contributed by atoms with van der Waals surface area (Å²) < 4.78 is 26.7. The van der Waals surface area contributed by atoms with Crippen LogP contribution in [0.2, 0.25) is 0 Å². The first-order valence-corrected chi connectivity index (χ1v) is 8.56. The molecule has 1 atom stereocenters. The van der Waals surface area contributed by atoms with Crippen molar-refractivity contribution in [3.63, 3.8) is 0 Å². The summed E-state index contributed by atoms with van der Waals surface area (Å²) >= 11 is 1.28. The van der Waals surface area contributed by atoms with E-state index in [9.17, 15) is 18.4 Å². The first-order chi connectivity index (χ1) is 11.9. The maximum Gasteiger partial charge on any atom is 0.323 e. The third-order valence-corrected chi connectivity index (χ3v) is 4.69. The summed E-state index contributed by atoms with van der Waals surface area (Å²) in [6.45, 7) is 2.73. The Morgan fingerprint density at radius 2 is 2.28 bits per heavy atom. The van der Waals surface area contributed by atoms with Gasteiger partial charge in [-0.3, -0.25) is 9.69 Å². The van der Waals surface area contributed by atoms with Crippen molar-refractivity contribution in [2.45, 2.75) is 19.4 Å². The Balaban J connectivity index is 1.61. The van der Waals surface area contributed by atoms with Gasteiger partial charge in [0.05, 0.1) is 18.2 Å². The highest BCUT2D eigenvalue weighted by Crippen LogP contribution is 2.23. The van der Waals surface area contributed by atoms with Crippen LogP contribution >= 0.6 is 11.3 Å². The van der Waals surface area contributed by atoms with Crippen molar-refractivity contribution in [2.24, 2.45) is 0 Å². The molecule has 1 aromatic heterocycles. The lowest BCUT2D eigenvalue weighted by Gasteiger charge is -2.14. The van der Waals surface area contributed by atoms with Gasteiger partial charge in [-0.15, -0.1) is 11.3 Å². The van der Waals surface area contributed by atoms with Crippen molar-refractivity contribution < 1.29 is 18.4 Å². The lowest BCUT2D eigenvalue weighted by atomic mass is 10.1. The number of hydrogen-bond acceptors (Lipinski definition) is 4. The number of halogens is 2. The number of thiazole rings is 1. The molecule has 1 fully saturated rings. The van der Waals surface area contributed by atoms with Gasteiger partial charge in [0.25, 0.3) is 0 Å². The zero-order valence-corrected chi connectivity index (χ0v) is 14.2. The molecule has 3 amide bonds. The van der Waals surface area contributed by atoms with Crippen molar-refractivity contribution in [1.82, 2.24) is 15.6 Å². The van der Waals surface area contributed by atoms with Gasteiger partial charge in [0.2, 0.25) is 5.91 Å². The van der Waals surface area contributed by atoms with Crippen LogP contribution < -0.4 is 15.5 Å². The molecule has 2 aromatic rings. The highest BCUT2D eigenvalue weighted by Gasteiger charge is 2.24. The molecule has 0 spiro atoms. The van der Waals surface area contributed by atoms with Crippen molar-refractivity contribution >= 4 is 28.4 Å². The lowest BCUT2D eigenvalue weighted by molar-refractivity contribution is -0.121. The number of nitrogens with one attached hydrogen (secondary N) is 2. The maximum atomic E-state index is 13.7. The van der Waals surface area contributed by atoms with E-state index in [1.54, 1.807) is 12.3 Å². The van der Waals surface area contributed by atoms with Crippen LogP contribution in [0.4, 0.5) is 18.7 Å². The minimum Gasteiger partial charge on any atom is -0.349 e. The molecule has 2 heterocycles. The fourth-order valence-electron chi connectivity index (χ4n) is 2.54. The number of amides is 3. The number of urea groups is 1. The molecular formula is C16H16F2N4O2S. The quantitative estimate of drug-likeness (QED) is 0.853. The SMILES string of the molecule is CC(NC(=O)Cc1csc(N2CCNC2=O)n1)c1ccc(F)cc1F. The second kappa shape index (κ2) is 7.14. The number of anilines is 1. The van der Waals surface area contributed by atoms with E-state index in [2.05, 4.69) is 15.6 Å². The molecule has 0 bridgehead atoms. The number of carbonyl (C=O) groups excluding carboxylic acids is 2. The van der Waals surface area contributed by atoms with E-state index >= 15 is 0 Å². The summed E-state index contributed by atoms with van der Waals surface area (Å²) in [5, 5.41) is 7.60. The highest BCUT2D eigenvalue weighted by atomic mass is 32.1. The van der Waals surface area contributed by atoms with E-state index in [0.717, 1.165) is 12.1 Å². The van der Waals surface area contributed by atoms with E-state index in [0.29, 0.717) is 23.9 Å². The molecule has 1 saturated heterocycles. The fourth-order valence-corrected chi connectivity index (χ4v) is 3.39. The molecule has 25 heavy (non-hydrogen) atoms. The topological polar surface area (TPSA) is 74.3 Å². The van der Waals surface area contributed by atoms with Crippen LogP contribution in [0, 0.1) is 11.6 Å². The van der Waals surface area contributed by atoms with Crippen LogP contribution in [0.25, 0.3) is 0 Å². The summed E-state index contributed by atoms with van der Waals surface area (Å²) in [5.74, 6) is -1.71. The average molecular weight is 366 g/mol. The smallest absolute Gasteiger partial charge is 0.323 e.